The SMILES string of the molecule is O=Cc1cc(Cc2cc(Cl)nc(Cl)c2)cc(-c2cccc([N+](=O)[O-])c2)c1O. The van der Waals surface area contributed by atoms with E-state index >= 15 is 0 Å². The summed E-state index contributed by atoms with van der Waals surface area (Å²) in [5, 5.41) is 21.9. The molecule has 0 spiro atoms. The van der Waals surface area contributed by atoms with Crippen LogP contribution in [0.4, 0.5) is 5.69 Å². The zero-order chi connectivity index (χ0) is 19.6. The molecule has 0 saturated heterocycles. The number of nitro benzene ring substituents is 1. The molecule has 0 aliphatic carbocycles. The molecule has 136 valence electrons. The molecule has 27 heavy (non-hydrogen) atoms. The average molecular weight is 403 g/mol. The molecular formula is C19H12Cl2N2O4. The minimum absolute atomic E-state index is 0.0836. The number of benzene rings is 2. The van der Waals surface area contributed by atoms with Crippen LogP contribution in [-0.4, -0.2) is 21.3 Å². The van der Waals surface area contributed by atoms with Crippen molar-refractivity contribution < 1.29 is 14.8 Å². The molecule has 1 heterocycles. The predicted molar refractivity (Wildman–Crippen MR) is 103 cm³/mol. The fourth-order valence-corrected chi connectivity index (χ4v) is 3.28. The van der Waals surface area contributed by atoms with Gasteiger partial charge >= 0.3 is 0 Å². The number of aromatic nitrogens is 1. The number of phenolic OH excluding ortho intramolecular Hbond substituents is 1. The molecule has 0 saturated carbocycles. The number of carbonyl (C=O) groups is 1. The highest BCUT2D eigenvalue weighted by molar-refractivity contribution is 6.32. The van der Waals surface area contributed by atoms with Gasteiger partial charge in [-0.1, -0.05) is 35.3 Å². The van der Waals surface area contributed by atoms with E-state index in [0.717, 1.165) is 5.56 Å². The van der Waals surface area contributed by atoms with E-state index in [1.807, 2.05) is 0 Å². The lowest BCUT2D eigenvalue weighted by Gasteiger charge is -2.11. The lowest BCUT2D eigenvalue weighted by atomic mass is 9.95. The number of carbonyl (C=O) groups excluding carboxylic acids is 1. The van der Waals surface area contributed by atoms with Crippen molar-refractivity contribution in [3.05, 3.63) is 85.6 Å². The van der Waals surface area contributed by atoms with Crippen molar-refractivity contribution >= 4 is 35.2 Å². The van der Waals surface area contributed by atoms with Gasteiger partial charge in [-0.25, -0.2) is 4.98 Å². The number of hydrogen-bond donors (Lipinski definition) is 1. The Morgan fingerprint density at radius 2 is 1.74 bits per heavy atom. The van der Waals surface area contributed by atoms with E-state index < -0.39 is 4.92 Å². The summed E-state index contributed by atoms with van der Waals surface area (Å²) in [4.78, 5) is 25.8. The molecule has 0 amide bonds. The van der Waals surface area contributed by atoms with Crippen molar-refractivity contribution in [1.82, 2.24) is 4.98 Å². The lowest BCUT2D eigenvalue weighted by Crippen LogP contribution is -1.95. The number of nitro groups is 1. The van der Waals surface area contributed by atoms with Crippen LogP contribution in [0.5, 0.6) is 5.75 Å². The van der Waals surface area contributed by atoms with E-state index in [9.17, 15) is 20.0 Å². The Hall–Kier alpha value is -2.96. The summed E-state index contributed by atoms with van der Waals surface area (Å²) in [6, 6.07) is 12.3. The number of aldehydes is 1. The molecular weight excluding hydrogens is 391 g/mol. The largest absolute Gasteiger partial charge is 0.507 e. The van der Waals surface area contributed by atoms with Crippen molar-refractivity contribution in [1.29, 1.82) is 0 Å². The van der Waals surface area contributed by atoms with Gasteiger partial charge in [0.15, 0.2) is 6.29 Å². The Morgan fingerprint density at radius 3 is 2.37 bits per heavy atom. The van der Waals surface area contributed by atoms with E-state index in [1.165, 1.54) is 18.2 Å². The van der Waals surface area contributed by atoms with Crippen molar-refractivity contribution in [3.8, 4) is 16.9 Å². The monoisotopic (exact) mass is 402 g/mol. The predicted octanol–water partition coefficient (Wildman–Crippen LogP) is 5.07. The summed E-state index contributed by atoms with van der Waals surface area (Å²) in [6.07, 6.45) is 0.914. The minimum atomic E-state index is -0.522. The van der Waals surface area contributed by atoms with Crippen LogP contribution in [0.3, 0.4) is 0 Å². The smallest absolute Gasteiger partial charge is 0.270 e. The van der Waals surface area contributed by atoms with Gasteiger partial charge in [0.2, 0.25) is 0 Å². The number of pyridine rings is 1. The van der Waals surface area contributed by atoms with E-state index in [1.54, 1.807) is 30.3 Å². The van der Waals surface area contributed by atoms with E-state index in [4.69, 9.17) is 23.2 Å². The first-order valence-corrected chi connectivity index (χ1v) is 8.51. The molecule has 1 N–H and O–H groups in total. The standard InChI is InChI=1S/C19H12Cl2N2O4/c20-17-7-12(8-18(21)22-17)4-11-5-14(10-24)19(25)16(6-11)13-2-1-3-15(9-13)23(26)27/h1-3,5-10,25H,4H2. The second-order valence-electron chi connectivity index (χ2n) is 5.80. The third-order valence-electron chi connectivity index (χ3n) is 3.92. The molecule has 0 unspecified atom stereocenters. The Labute approximate surface area is 164 Å². The fraction of sp³-hybridized carbons (Fsp3) is 0.0526. The molecule has 3 aromatic rings. The van der Waals surface area contributed by atoms with Gasteiger partial charge in [0.25, 0.3) is 5.69 Å². The quantitative estimate of drug-likeness (QED) is 0.278. The second-order valence-corrected chi connectivity index (χ2v) is 6.58. The van der Waals surface area contributed by atoms with Gasteiger partial charge in [0.1, 0.15) is 16.1 Å². The summed E-state index contributed by atoms with van der Waals surface area (Å²) in [5.41, 5.74) is 2.20. The van der Waals surface area contributed by atoms with Crippen molar-refractivity contribution in [2.45, 2.75) is 6.42 Å². The van der Waals surface area contributed by atoms with Gasteiger partial charge in [-0.2, -0.15) is 0 Å². The third-order valence-corrected chi connectivity index (χ3v) is 4.31. The second kappa shape index (κ2) is 7.73. The third kappa shape index (κ3) is 4.24. The van der Waals surface area contributed by atoms with Gasteiger partial charge in [0.05, 0.1) is 10.5 Å². The highest BCUT2D eigenvalue weighted by Gasteiger charge is 2.15. The summed E-state index contributed by atoms with van der Waals surface area (Å²) >= 11 is 11.8. The molecule has 1 aromatic heterocycles. The molecule has 3 rings (SSSR count). The van der Waals surface area contributed by atoms with E-state index in [-0.39, 0.29) is 27.3 Å². The van der Waals surface area contributed by atoms with E-state index in [2.05, 4.69) is 4.98 Å². The molecule has 2 aromatic carbocycles. The van der Waals surface area contributed by atoms with Crippen molar-refractivity contribution in [3.63, 3.8) is 0 Å². The van der Waals surface area contributed by atoms with E-state index in [0.29, 0.717) is 29.4 Å². The number of phenols is 1. The number of aromatic hydroxyl groups is 1. The molecule has 0 bridgehead atoms. The number of non-ortho nitro benzene ring substituents is 1. The molecule has 0 aliphatic rings. The molecule has 0 aliphatic heterocycles. The fourth-order valence-electron chi connectivity index (χ4n) is 2.77. The van der Waals surface area contributed by atoms with Crippen LogP contribution in [0.2, 0.25) is 10.3 Å². The highest BCUT2D eigenvalue weighted by Crippen LogP contribution is 2.35. The van der Waals surface area contributed by atoms with Gasteiger partial charge in [-0.3, -0.25) is 14.9 Å². The first-order valence-electron chi connectivity index (χ1n) is 7.75. The van der Waals surface area contributed by atoms with Crippen molar-refractivity contribution in [2.75, 3.05) is 0 Å². The Balaban J connectivity index is 2.09. The number of rotatable bonds is 5. The maximum atomic E-state index is 11.4. The topological polar surface area (TPSA) is 93.3 Å². The summed E-state index contributed by atoms with van der Waals surface area (Å²) < 4.78 is 0. The maximum absolute atomic E-state index is 11.4. The maximum Gasteiger partial charge on any atom is 0.270 e. The normalized spacial score (nSPS) is 10.6. The first-order chi connectivity index (χ1) is 12.9. The summed E-state index contributed by atoms with van der Waals surface area (Å²) in [7, 11) is 0. The van der Waals surface area contributed by atoms with Crippen molar-refractivity contribution in [2.24, 2.45) is 0 Å². The van der Waals surface area contributed by atoms with Crippen LogP contribution in [0.25, 0.3) is 11.1 Å². The summed E-state index contributed by atoms with van der Waals surface area (Å²) in [6.45, 7) is 0. The van der Waals surface area contributed by atoms with Crippen LogP contribution < -0.4 is 0 Å². The van der Waals surface area contributed by atoms with Crippen LogP contribution in [0.15, 0.2) is 48.5 Å². The number of halogens is 2. The van der Waals surface area contributed by atoms with Crippen LogP contribution >= 0.6 is 23.2 Å². The number of hydrogen-bond acceptors (Lipinski definition) is 5. The molecule has 0 radical (unpaired) electrons. The molecule has 0 fully saturated rings. The Bertz CT molecular complexity index is 1030. The highest BCUT2D eigenvalue weighted by atomic mass is 35.5. The molecule has 8 heteroatoms. The Kier molecular flexibility index (Phi) is 5.39. The van der Waals surface area contributed by atoms with Gasteiger partial charge < -0.3 is 5.11 Å². The summed E-state index contributed by atoms with van der Waals surface area (Å²) in [5.74, 6) is -0.236. The van der Waals surface area contributed by atoms with Crippen LogP contribution in [0, 0.1) is 10.1 Å². The van der Waals surface area contributed by atoms with Gasteiger partial charge in [0, 0.05) is 17.7 Å². The Morgan fingerprint density at radius 1 is 1.07 bits per heavy atom. The van der Waals surface area contributed by atoms with Crippen LogP contribution in [0.1, 0.15) is 21.5 Å². The number of nitrogens with zero attached hydrogens (tertiary/aromatic N) is 2. The van der Waals surface area contributed by atoms with Gasteiger partial charge in [-0.05, 0) is 47.4 Å². The minimum Gasteiger partial charge on any atom is -0.507 e. The molecule has 0 atom stereocenters. The lowest BCUT2D eigenvalue weighted by molar-refractivity contribution is -0.384. The van der Waals surface area contributed by atoms with Gasteiger partial charge in [-0.15, -0.1) is 0 Å². The van der Waals surface area contributed by atoms with Crippen LogP contribution in [-0.2, 0) is 6.42 Å². The molecule has 6 nitrogen and oxygen atoms in total. The average Bonchev–Trinajstić information content (AvgIpc) is 2.62. The first kappa shape index (κ1) is 18.8. The zero-order valence-electron chi connectivity index (χ0n) is 13.7. The zero-order valence-corrected chi connectivity index (χ0v) is 15.2.